The van der Waals surface area contributed by atoms with E-state index in [0.29, 0.717) is 18.3 Å². The molecule has 24 heavy (non-hydrogen) atoms. The molecule has 122 valence electrons. The second-order valence-corrected chi connectivity index (χ2v) is 6.94. The summed E-state index contributed by atoms with van der Waals surface area (Å²) in [6, 6.07) is 9.72. The number of nitrogens with one attached hydrogen (secondary N) is 1. The van der Waals surface area contributed by atoms with E-state index in [1.807, 2.05) is 44.2 Å². The topological polar surface area (TPSA) is 76.7 Å². The largest absolute Gasteiger partial charge is 0.333 e. The maximum atomic E-state index is 12.0. The number of rotatable bonds is 4. The lowest BCUT2D eigenvalue weighted by molar-refractivity contribution is 0.433. The van der Waals surface area contributed by atoms with E-state index in [1.54, 1.807) is 15.9 Å². The highest BCUT2D eigenvalue weighted by atomic mass is 32.1. The van der Waals surface area contributed by atoms with Crippen LogP contribution in [0.25, 0.3) is 33.2 Å². The van der Waals surface area contributed by atoms with Gasteiger partial charge < -0.3 is 9.51 Å². The van der Waals surface area contributed by atoms with Crippen molar-refractivity contribution < 1.29 is 4.52 Å². The van der Waals surface area contributed by atoms with Gasteiger partial charge in [-0.2, -0.15) is 4.98 Å². The average Bonchev–Trinajstić information content (AvgIpc) is 3.27. The van der Waals surface area contributed by atoms with Crippen molar-refractivity contribution in [1.82, 2.24) is 19.7 Å². The maximum Gasteiger partial charge on any atom is 0.326 e. The second-order valence-electron chi connectivity index (χ2n) is 5.65. The minimum absolute atomic E-state index is 0.0909. The second kappa shape index (κ2) is 5.76. The number of H-pyrrole nitrogens is 1. The molecule has 1 N–H and O–H groups in total. The number of aromatic amines is 1. The Kier molecular flexibility index (Phi) is 3.57. The first-order valence-electron chi connectivity index (χ1n) is 7.79. The predicted molar refractivity (Wildman–Crippen MR) is 94.2 cm³/mol. The van der Waals surface area contributed by atoms with E-state index in [9.17, 15) is 4.79 Å². The van der Waals surface area contributed by atoms with Crippen molar-refractivity contribution >= 4 is 22.4 Å². The van der Waals surface area contributed by atoms with Crippen LogP contribution in [0.15, 0.2) is 39.6 Å². The van der Waals surface area contributed by atoms with Gasteiger partial charge in [0.2, 0.25) is 5.82 Å². The summed E-state index contributed by atoms with van der Waals surface area (Å²) >= 11 is 1.62. The summed E-state index contributed by atoms with van der Waals surface area (Å²) in [5.74, 6) is 1.03. The molecule has 0 saturated heterocycles. The molecule has 3 heterocycles. The molecule has 0 saturated carbocycles. The van der Waals surface area contributed by atoms with Gasteiger partial charge in [0.1, 0.15) is 0 Å². The Bertz CT molecular complexity index is 1070. The van der Waals surface area contributed by atoms with Crippen molar-refractivity contribution in [1.29, 1.82) is 0 Å². The van der Waals surface area contributed by atoms with Gasteiger partial charge in [-0.25, -0.2) is 4.79 Å². The van der Waals surface area contributed by atoms with E-state index in [4.69, 9.17) is 4.52 Å². The summed E-state index contributed by atoms with van der Waals surface area (Å²) in [5, 5.41) is 4.07. The number of thiophene rings is 1. The number of benzene rings is 1. The highest BCUT2D eigenvalue weighted by molar-refractivity contribution is 7.15. The summed E-state index contributed by atoms with van der Waals surface area (Å²) in [6.07, 6.45) is 0.906. The Morgan fingerprint density at radius 2 is 2.17 bits per heavy atom. The van der Waals surface area contributed by atoms with Crippen LogP contribution in [0.4, 0.5) is 0 Å². The van der Waals surface area contributed by atoms with Crippen LogP contribution in [0.5, 0.6) is 0 Å². The van der Waals surface area contributed by atoms with Crippen LogP contribution in [0, 0.1) is 6.92 Å². The molecule has 1 aromatic carbocycles. The first-order chi connectivity index (χ1) is 11.7. The molecule has 0 amide bonds. The third kappa shape index (κ3) is 2.46. The zero-order valence-electron chi connectivity index (χ0n) is 13.4. The molecular formula is C17H16N4O2S. The lowest BCUT2D eigenvalue weighted by Gasteiger charge is -2.00. The van der Waals surface area contributed by atoms with Crippen molar-refractivity contribution in [2.75, 3.05) is 0 Å². The molecule has 0 aliphatic rings. The number of aryl methyl sites for hydroxylation is 2. The van der Waals surface area contributed by atoms with Crippen LogP contribution in [0.2, 0.25) is 0 Å². The van der Waals surface area contributed by atoms with E-state index < -0.39 is 0 Å². The fraction of sp³-hybridized carbons (Fsp3) is 0.235. The number of imidazole rings is 1. The van der Waals surface area contributed by atoms with Gasteiger partial charge in [0.05, 0.1) is 15.9 Å². The summed E-state index contributed by atoms with van der Waals surface area (Å²) in [7, 11) is 0. The Morgan fingerprint density at radius 3 is 2.92 bits per heavy atom. The van der Waals surface area contributed by atoms with Crippen molar-refractivity contribution in [2.45, 2.75) is 26.8 Å². The maximum absolute atomic E-state index is 12.0. The predicted octanol–water partition coefficient (Wildman–Crippen LogP) is 3.83. The van der Waals surface area contributed by atoms with Crippen LogP contribution in [0.3, 0.4) is 0 Å². The molecule has 0 atom stereocenters. The molecule has 0 bridgehead atoms. The minimum Gasteiger partial charge on any atom is -0.333 e. The Morgan fingerprint density at radius 1 is 1.29 bits per heavy atom. The fourth-order valence-electron chi connectivity index (χ4n) is 2.74. The first-order valence-corrected chi connectivity index (χ1v) is 8.61. The lowest BCUT2D eigenvalue weighted by Crippen LogP contribution is -2.16. The van der Waals surface area contributed by atoms with E-state index in [-0.39, 0.29) is 5.69 Å². The third-order valence-corrected chi connectivity index (χ3v) is 4.85. The quantitative estimate of drug-likeness (QED) is 0.612. The molecule has 4 aromatic rings. The van der Waals surface area contributed by atoms with Gasteiger partial charge >= 0.3 is 5.69 Å². The number of hydrogen-bond acceptors (Lipinski definition) is 5. The molecule has 0 aliphatic carbocycles. The van der Waals surface area contributed by atoms with E-state index in [2.05, 4.69) is 15.1 Å². The van der Waals surface area contributed by atoms with Crippen LogP contribution >= 0.6 is 11.3 Å². The lowest BCUT2D eigenvalue weighted by atomic mass is 10.2. The third-order valence-electron chi connectivity index (χ3n) is 3.86. The van der Waals surface area contributed by atoms with Crippen molar-refractivity contribution in [2.24, 2.45) is 0 Å². The van der Waals surface area contributed by atoms with Gasteiger partial charge in [-0.15, -0.1) is 11.3 Å². The summed E-state index contributed by atoms with van der Waals surface area (Å²) in [6.45, 7) is 4.78. The monoisotopic (exact) mass is 340 g/mol. The zero-order chi connectivity index (χ0) is 16.7. The van der Waals surface area contributed by atoms with Gasteiger partial charge in [-0.3, -0.25) is 4.57 Å². The van der Waals surface area contributed by atoms with Crippen LogP contribution in [0.1, 0.15) is 18.2 Å². The Hall–Kier alpha value is -2.67. The van der Waals surface area contributed by atoms with Gasteiger partial charge in [-0.1, -0.05) is 12.1 Å². The molecule has 7 heteroatoms. The molecule has 0 radical (unpaired) electrons. The summed E-state index contributed by atoms with van der Waals surface area (Å²) in [4.78, 5) is 21.5. The van der Waals surface area contributed by atoms with Crippen molar-refractivity contribution in [3.8, 4) is 22.2 Å². The van der Waals surface area contributed by atoms with Gasteiger partial charge in [0.25, 0.3) is 5.89 Å². The summed E-state index contributed by atoms with van der Waals surface area (Å²) in [5.41, 5.74) is 2.40. The molecule has 0 unspecified atom stereocenters. The molecule has 0 fully saturated rings. The van der Waals surface area contributed by atoms with Crippen LogP contribution in [-0.2, 0) is 6.54 Å². The molecule has 0 aliphatic heterocycles. The van der Waals surface area contributed by atoms with E-state index in [1.165, 1.54) is 4.88 Å². The van der Waals surface area contributed by atoms with E-state index in [0.717, 1.165) is 27.9 Å². The molecule has 4 rings (SSSR count). The smallest absolute Gasteiger partial charge is 0.326 e. The molecule has 0 spiro atoms. The Labute approximate surface area is 141 Å². The highest BCUT2D eigenvalue weighted by Crippen LogP contribution is 2.28. The van der Waals surface area contributed by atoms with E-state index >= 15 is 0 Å². The van der Waals surface area contributed by atoms with Gasteiger partial charge in [0.15, 0.2) is 0 Å². The zero-order valence-corrected chi connectivity index (χ0v) is 14.2. The number of hydrogen-bond donors (Lipinski definition) is 1. The molecule has 6 nitrogen and oxygen atoms in total. The molecular weight excluding hydrogens is 324 g/mol. The number of aromatic nitrogens is 4. The normalized spacial score (nSPS) is 11.4. The van der Waals surface area contributed by atoms with Crippen LogP contribution < -0.4 is 5.69 Å². The highest BCUT2D eigenvalue weighted by Gasteiger charge is 2.14. The van der Waals surface area contributed by atoms with Crippen LogP contribution in [-0.4, -0.2) is 19.7 Å². The van der Waals surface area contributed by atoms with Crippen molar-refractivity contribution in [3.63, 3.8) is 0 Å². The van der Waals surface area contributed by atoms with Gasteiger partial charge in [0, 0.05) is 17.0 Å². The standard InChI is InChI=1S/C17H16N4O2S/c1-3-8-21-13-6-5-11(9-12(13)18-17(21)22)15-19-16(23-20-15)14-7-4-10(2)24-14/h4-7,9H,3,8H2,1-2H3,(H,18,22). The van der Waals surface area contributed by atoms with Gasteiger partial charge in [-0.05, 0) is 43.7 Å². The molecule has 3 aromatic heterocycles. The van der Waals surface area contributed by atoms with Crippen molar-refractivity contribution in [3.05, 3.63) is 45.7 Å². The SMILES string of the molecule is CCCn1c(=O)[nH]c2cc(-c3noc(-c4ccc(C)s4)n3)ccc21. The number of fused-ring (bicyclic) bond motifs is 1. The first kappa shape index (κ1) is 14.9. The average molecular weight is 340 g/mol. The Balaban J connectivity index is 1.74. The minimum atomic E-state index is -0.0909. The number of nitrogens with zero attached hydrogens (tertiary/aromatic N) is 3. The fourth-order valence-corrected chi connectivity index (χ4v) is 3.53. The summed E-state index contributed by atoms with van der Waals surface area (Å²) < 4.78 is 7.12.